The van der Waals surface area contributed by atoms with Crippen LogP contribution in [0.2, 0.25) is 0 Å². The normalized spacial score (nSPS) is 9.10. The zero-order chi connectivity index (χ0) is 23.6. The zero-order valence-electron chi connectivity index (χ0n) is 13.1. The predicted octanol–water partition coefficient (Wildman–Crippen LogP) is -2.52. The molecular weight excluding hydrogens is 1450 g/mol. The molecule has 0 amide bonds. The molecule has 0 saturated heterocycles. The van der Waals surface area contributed by atoms with Gasteiger partial charge in [-0.05, 0) is 0 Å². The van der Waals surface area contributed by atoms with Crippen molar-refractivity contribution in [2.45, 2.75) is 0 Å². The summed E-state index contributed by atoms with van der Waals surface area (Å²) in [6, 6.07) is 0. The molecule has 0 aromatic carbocycles. The van der Waals surface area contributed by atoms with Gasteiger partial charge in [-0.3, -0.25) is 0 Å². The van der Waals surface area contributed by atoms with Crippen molar-refractivity contribution in [1.82, 2.24) is 0 Å². The fourth-order valence-electron chi connectivity index (χ4n) is 0.223. The first kappa shape index (κ1) is 43.3. The molecule has 31 heteroatoms. The van der Waals surface area contributed by atoms with Crippen molar-refractivity contribution in [3.05, 3.63) is 4.91 Å². The van der Waals surface area contributed by atoms with Gasteiger partial charge in [0.05, 0.1) is 0 Å². The van der Waals surface area contributed by atoms with E-state index in [1.165, 1.54) is 0 Å². The second-order valence-electron chi connectivity index (χ2n) is 1.61. The van der Waals surface area contributed by atoms with Crippen LogP contribution in [0, 0.1) is 4.91 Å². The first-order chi connectivity index (χ1) is 14.8. The van der Waals surface area contributed by atoms with Crippen LogP contribution in [0.25, 0.3) is 0 Å². The number of nitroso groups, excluding NO2 is 1. The molecule has 0 bridgehead atoms. The average Bonchev–Trinajstić information content (AvgIpc) is 2.80. The molecule has 0 fully saturated rings. The monoisotopic (exact) mass is 1450 g/mol. The van der Waals surface area contributed by atoms with E-state index in [1.54, 1.807) is 0 Å². The molecule has 0 spiro atoms. The fraction of sp³-hybridized carbons (Fsp3) is 0. The first-order valence-electron chi connectivity index (χ1n) is 4.58. The molecule has 0 aliphatic carbocycles. The van der Waals surface area contributed by atoms with Crippen LogP contribution in [0.1, 0.15) is 0 Å². The Morgan fingerprint density at radius 3 is 1.16 bits per heavy atom. The van der Waals surface area contributed by atoms with Gasteiger partial charge in [-0.15, -0.1) is 0 Å². The molecule has 0 unspecified atom stereocenters. The van der Waals surface area contributed by atoms with Crippen molar-refractivity contribution in [2.24, 2.45) is 18.7 Å². The Hall–Kier alpha value is 2.26. The molecule has 7 radical (unpaired) electrons. The summed E-state index contributed by atoms with van der Waals surface area (Å²) < 4.78 is 28.2. The van der Waals surface area contributed by atoms with Gasteiger partial charge >= 0.3 is 219 Å². The maximum atomic E-state index is 9.01. The molecule has 0 aromatic heterocycles. The standard InChI is InChI=1S/5Bi.N4O.H2O10.H2O9.2O/c;;;;;1-2-3-4-5;1-3-5-7-9-10-8-6-4-2;1-3-5-7-9-8-6-4-2;;/h;;;;;;1-2H;1-2H;;/q;;;;+2;;;;;/p-2/b;;;;;3-2+;;;;. The molecule has 2 N–H and O–H groups in total. The van der Waals surface area contributed by atoms with E-state index in [2.05, 4.69) is 100 Å². The van der Waals surface area contributed by atoms with E-state index in [4.69, 9.17) is 21.0 Å². The minimum absolute atomic E-state index is 0. The van der Waals surface area contributed by atoms with Gasteiger partial charge in [0.25, 0.3) is 0 Å². The third kappa shape index (κ3) is 59.6. The Morgan fingerprint density at radius 2 is 0.903 bits per heavy atom. The van der Waals surface area contributed by atoms with Crippen molar-refractivity contribution >= 4 is 124 Å². The van der Waals surface area contributed by atoms with Crippen molar-refractivity contribution in [2.75, 3.05) is 0 Å². The van der Waals surface area contributed by atoms with Crippen LogP contribution >= 0.6 is 0 Å². The summed E-state index contributed by atoms with van der Waals surface area (Å²) in [5.41, 5.74) is 0. The third-order valence-electron chi connectivity index (χ3n) is 0.605. The molecular formula is H2Bi5N4O22. The fourth-order valence-corrected chi connectivity index (χ4v) is 0.845. The summed E-state index contributed by atoms with van der Waals surface area (Å²) in [5, 5.41) is 73.9. The molecule has 26 nitrogen and oxygen atoms in total. The van der Waals surface area contributed by atoms with Crippen LogP contribution in [0.5, 0.6) is 0 Å². The van der Waals surface area contributed by atoms with Crippen molar-refractivity contribution < 1.29 is 97.6 Å². The molecule has 0 rings (SSSR count). The van der Waals surface area contributed by atoms with E-state index in [0.29, 0.717) is 0 Å². The second kappa shape index (κ2) is 53.6. The molecule has 0 atom stereocenters. The van der Waals surface area contributed by atoms with Crippen LogP contribution in [-0.2, 0) is 87.1 Å². The Balaban J connectivity index is -0.000000173. The van der Waals surface area contributed by atoms with Gasteiger partial charge in [-0.2, -0.15) is 0 Å². The molecule has 0 aliphatic heterocycles. The number of nitrogens with zero attached hydrogens (tertiary/aromatic N) is 4. The summed E-state index contributed by atoms with van der Waals surface area (Å²) in [5.74, 6) is 0. The minimum atomic E-state index is -2.28. The number of hydrogen-bond donors (Lipinski definition) is 2. The SMILES string of the molecule is O=N/N=N/[N]=[Bi].OOOOOOOOO[O][Bi][O]OOOOOOOO.[Bi].[O]=[Bi].[O]=[Bi]. The van der Waals surface area contributed by atoms with Gasteiger partial charge in [0.15, 0.2) is 0 Å². The van der Waals surface area contributed by atoms with Crippen LogP contribution in [0.3, 0.4) is 0 Å². The quantitative estimate of drug-likeness (QED) is 0.0337. The van der Waals surface area contributed by atoms with E-state index >= 15 is 0 Å². The molecule has 0 aromatic rings. The van der Waals surface area contributed by atoms with Gasteiger partial charge in [0, 0.05) is 26.2 Å². The van der Waals surface area contributed by atoms with E-state index in [9.17, 15) is 0 Å². The zero-order valence-corrected chi connectivity index (χ0v) is 30.5. The van der Waals surface area contributed by atoms with Gasteiger partial charge in [0.2, 0.25) is 0 Å². The average molecular weight is 1450 g/mol. The Morgan fingerprint density at radius 1 is 0.581 bits per heavy atom. The van der Waals surface area contributed by atoms with Gasteiger partial charge in [-0.25, -0.2) is 0 Å². The Kier molecular flexibility index (Phi) is 74.9. The Labute approximate surface area is 242 Å². The van der Waals surface area contributed by atoms with Gasteiger partial charge < -0.3 is 0 Å². The van der Waals surface area contributed by atoms with E-state index in [-0.39, 0.29) is 75.7 Å². The summed E-state index contributed by atoms with van der Waals surface area (Å²) in [6.07, 6.45) is 0. The molecule has 179 valence electrons. The van der Waals surface area contributed by atoms with Crippen LogP contribution < -0.4 is 0 Å². The molecule has 0 aliphatic rings. The van der Waals surface area contributed by atoms with Gasteiger partial charge in [-0.1, -0.05) is 0 Å². The molecule has 0 heterocycles. The van der Waals surface area contributed by atoms with E-state index in [1.807, 2.05) is 0 Å². The maximum absolute atomic E-state index is 9.01. The second-order valence-corrected chi connectivity index (χ2v) is 4.04. The van der Waals surface area contributed by atoms with Crippen molar-refractivity contribution in [3.63, 3.8) is 0 Å². The first-order valence-corrected chi connectivity index (χ1v) is 11.8. The van der Waals surface area contributed by atoms with Gasteiger partial charge in [0.1, 0.15) is 0 Å². The number of rotatable bonds is 19. The summed E-state index contributed by atoms with van der Waals surface area (Å²) in [7, 11) is 0. The third-order valence-corrected chi connectivity index (χ3v) is 1.86. The summed E-state index contributed by atoms with van der Waals surface area (Å²) in [6.45, 7) is 0. The summed E-state index contributed by atoms with van der Waals surface area (Å²) in [4.78, 5) is 9.01. The topological polar surface area (TPSA) is 298 Å². The van der Waals surface area contributed by atoms with Crippen LogP contribution in [-0.4, -0.2) is 135 Å². The molecule has 0 saturated carbocycles. The predicted molar refractivity (Wildman–Crippen MR) is 66.9 cm³/mol. The van der Waals surface area contributed by atoms with Crippen molar-refractivity contribution in [3.8, 4) is 0 Å². The van der Waals surface area contributed by atoms with Crippen LogP contribution in [0.15, 0.2) is 18.7 Å². The van der Waals surface area contributed by atoms with E-state index in [0.717, 1.165) is 24.6 Å². The Bertz CT molecular complexity index is 305. The van der Waals surface area contributed by atoms with Crippen molar-refractivity contribution in [1.29, 1.82) is 0 Å². The number of hydrogen-bond acceptors (Lipinski definition) is 23. The van der Waals surface area contributed by atoms with E-state index < -0.39 is 24.1 Å². The van der Waals surface area contributed by atoms with Crippen LogP contribution in [0.4, 0.5) is 0 Å². The summed E-state index contributed by atoms with van der Waals surface area (Å²) >= 11 is -1.16. The molecule has 31 heavy (non-hydrogen) atoms.